The zero-order chi connectivity index (χ0) is 18.8. The van der Waals surface area contributed by atoms with Crippen molar-refractivity contribution in [3.63, 3.8) is 0 Å². The molecular formula is C16H20Cl2N3O3S+. The number of nitrogens with one attached hydrogen (secondary N) is 1. The van der Waals surface area contributed by atoms with Gasteiger partial charge >= 0.3 is 0 Å². The van der Waals surface area contributed by atoms with Gasteiger partial charge in [-0.2, -0.15) is 0 Å². The molecule has 136 valence electrons. The third-order valence-corrected chi connectivity index (χ3v) is 6.20. The Morgan fingerprint density at radius 3 is 2.40 bits per heavy atom. The minimum Gasteiger partial charge on any atom is -0.316 e. The summed E-state index contributed by atoms with van der Waals surface area (Å²) < 4.78 is 26.9. The fourth-order valence-corrected chi connectivity index (χ4v) is 3.58. The number of hydrogen-bond acceptors (Lipinski definition) is 3. The van der Waals surface area contributed by atoms with Gasteiger partial charge < -0.3 is 4.90 Å². The number of pyridine rings is 1. The molecule has 2 aromatic rings. The predicted octanol–water partition coefficient (Wildman–Crippen LogP) is 1.08. The molecule has 0 amide bonds. The maximum atomic E-state index is 12.2. The standard InChI is InChI=1S/C16H19Cl2N3O3S/c1-19(2)25(23,24)13-5-7-16(22)21(10-13)11-20(3)9-12-4-6-14(17)15(18)8-12/h4-8,10H,9,11H2,1-3H3/p+1. The predicted molar refractivity (Wildman–Crippen MR) is 98.6 cm³/mol. The van der Waals surface area contributed by atoms with Crippen molar-refractivity contribution in [3.05, 3.63) is 62.5 Å². The van der Waals surface area contributed by atoms with Crippen LogP contribution >= 0.6 is 23.2 Å². The Morgan fingerprint density at radius 1 is 1.12 bits per heavy atom. The molecule has 0 radical (unpaired) electrons. The molecule has 0 bridgehead atoms. The Kier molecular flexibility index (Phi) is 6.29. The maximum Gasteiger partial charge on any atom is 0.254 e. The average molecular weight is 405 g/mol. The van der Waals surface area contributed by atoms with Crippen LogP contribution in [-0.2, 0) is 23.2 Å². The second kappa shape index (κ2) is 7.88. The van der Waals surface area contributed by atoms with Crippen LogP contribution in [-0.4, -0.2) is 38.4 Å². The highest BCUT2D eigenvalue weighted by molar-refractivity contribution is 7.89. The smallest absolute Gasteiger partial charge is 0.254 e. The average Bonchev–Trinajstić information content (AvgIpc) is 2.52. The Bertz CT molecular complexity index is 926. The SMILES string of the molecule is CN(C)S(=O)(=O)c1ccc(=O)n(C[NH+](C)Cc2ccc(Cl)c(Cl)c2)c1. The van der Waals surface area contributed by atoms with Crippen LogP contribution in [0.4, 0.5) is 0 Å². The lowest BCUT2D eigenvalue weighted by Crippen LogP contribution is -3.07. The Labute approximate surface area is 157 Å². The van der Waals surface area contributed by atoms with Crippen molar-refractivity contribution in [3.8, 4) is 0 Å². The van der Waals surface area contributed by atoms with E-state index in [0.717, 1.165) is 14.8 Å². The number of hydrogen-bond donors (Lipinski definition) is 1. The number of quaternary nitrogens is 1. The Hall–Kier alpha value is -1.38. The summed E-state index contributed by atoms with van der Waals surface area (Å²) in [5, 5.41) is 0.962. The number of halogens is 2. The molecule has 0 aliphatic carbocycles. The van der Waals surface area contributed by atoms with Crippen LogP contribution in [0.1, 0.15) is 5.56 Å². The first-order valence-electron chi connectivity index (χ1n) is 7.49. The van der Waals surface area contributed by atoms with Crippen LogP contribution in [0.5, 0.6) is 0 Å². The highest BCUT2D eigenvalue weighted by Crippen LogP contribution is 2.22. The van der Waals surface area contributed by atoms with E-state index in [1.54, 1.807) is 12.1 Å². The van der Waals surface area contributed by atoms with Gasteiger partial charge in [0, 0.05) is 31.9 Å². The molecule has 25 heavy (non-hydrogen) atoms. The van der Waals surface area contributed by atoms with Gasteiger partial charge in [-0.05, 0) is 18.2 Å². The molecule has 0 saturated heterocycles. The second-order valence-electron chi connectivity index (χ2n) is 6.00. The molecule has 1 heterocycles. The topological polar surface area (TPSA) is 63.8 Å². The second-order valence-corrected chi connectivity index (χ2v) is 8.97. The molecule has 0 aliphatic rings. The molecule has 1 atom stereocenters. The van der Waals surface area contributed by atoms with Gasteiger partial charge in [0.25, 0.3) is 5.56 Å². The van der Waals surface area contributed by atoms with Crippen molar-refractivity contribution in [1.29, 1.82) is 0 Å². The quantitative estimate of drug-likeness (QED) is 0.783. The van der Waals surface area contributed by atoms with Gasteiger partial charge in [-0.1, -0.05) is 29.3 Å². The molecular weight excluding hydrogens is 385 g/mol. The lowest BCUT2D eigenvalue weighted by atomic mass is 10.2. The van der Waals surface area contributed by atoms with Crippen molar-refractivity contribution in [2.45, 2.75) is 18.1 Å². The molecule has 0 spiro atoms. The fraction of sp³-hybridized carbons (Fsp3) is 0.312. The van der Waals surface area contributed by atoms with Crippen LogP contribution in [0, 0.1) is 0 Å². The zero-order valence-corrected chi connectivity index (χ0v) is 16.5. The van der Waals surface area contributed by atoms with E-state index in [-0.39, 0.29) is 10.5 Å². The molecule has 1 aromatic carbocycles. The van der Waals surface area contributed by atoms with E-state index in [0.29, 0.717) is 23.3 Å². The third-order valence-electron chi connectivity index (χ3n) is 3.67. The maximum absolute atomic E-state index is 12.2. The third kappa shape index (κ3) is 4.83. The number of aromatic nitrogens is 1. The normalized spacial score (nSPS) is 13.2. The molecule has 0 aliphatic heterocycles. The summed E-state index contributed by atoms with van der Waals surface area (Å²) in [7, 11) is 1.22. The van der Waals surface area contributed by atoms with Crippen LogP contribution in [0.25, 0.3) is 0 Å². The van der Waals surface area contributed by atoms with E-state index < -0.39 is 10.0 Å². The summed E-state index contributed by atoms with van der Waals surface area (Å²) in [5.74, 6) is 0. The summed E-state index contributed by atoms with van der Waals surface area (Å²) in [6.07, 6.45) is 1.37. The molecule has 2 rings (SSSR count). The zero-order valence-electron chi connectivity index (χ0n) is 14.2. The summed E-state index contributed by atoms with van der Waals surface area (Å²) in [4.78, 5) is 13.1. The lowest BCUT2D eigenvalue weighted by molar-refractivity contribution is -0.917. The van der Waals surface area contributed by atoms with E-state index in [9.17, 15) is 13.2 Å². The molecule has 0 fully saturated rings. The van der Waals surface area contributed by atoms with Crippen molar-refractivity contribution >= 4 is 33.2 Å². The molecule has 1 aromatic heterocycles. The van der Waals surface area contributed by atoms with E-state index in [1.807, 2.05) is 13.1 Å². The Balaban J connectivity index is 2.21. The van der Waals surface area contributed by atoms with Crippen LogP contribution in [0.15, 0.2) is 46.2 Å². The summed E-state index contributed by atoms with van der Waals surface area (Å²) in [6.45, 7) is 0.920. The highest BCUT2D eigenvalue weighted by atomic mass is 35.5. The molecule has 9 heteroatoms. The first kappa shape index (κ1) is 19.9. The van der Waals surface area contributed by atoms with Crippen LogP contribution in [0.3, 0.4) is 0 Å². The Morgan fingerprint density at radius 2 is 1.80 bits per heavy atom. The molecule has 1 unspecified atom stereocenters. The van der Waals surface area contributed by atoms with Crippen LogP contribution in [0.2, 0.25) is 10.0 Å². The minimum atomic E-state index is -3.59. The lowest BCUT2D eigenvalue weighted by Gasteiger charge is -2.17. The van der Waals surface area contributed by atoms with E-state index in [1.165, 1.54) is 37.0 Å². The fourth-order valence-electron chi connectivity index (χ4n) is 2.34. The minimum absolute atomic E-state index is 0.0828. The molecule has 6 nitrogen and oxygen atoms in total. The highest BCUT2D eigenvalue weighted by Gasteiger charge is 2.19. The van der Waals surface area contributed by atoms with Gasteiger partial charge in [-0.25, -0.2) is 12.7 Å². The number of sulfonamides is 1. The summed E-state index contributed by atoms with van der Waals surface area (Å²) >= 11 is 11.9. The van der Waals surface area contributed by atoms with Gasteiger partial charge in [0.2, 0.25) is 10.0 Å². The monoisotopic (exact) mass is 404 g/mol. The van der Waals surface area contributed by atoms with E-state index >= 15 is 0 Å². The number of nitrogens with zero attached hydrogens (tertiary/aromatic N) is 2. The van der Waals surface area contributed by atoms with Gasteiger partial charge in [0.15, 0.2) is 6.67 Å². The number of rotatable bonds is 6. The van der Waals surface area contributed by atoms with E-state index in [4.69, 9.17) is 23.2 Å². The molecule has 1 N–H and O–H groups in total. The summed E-state index contributed by atoms with van der Waals surface area (Å²) in [5.41, 5.74) is 0.711. The van der Waals surface area contributed by atoms with Gasteiger partial charge in [0.05, 0.1) is 22.0 Å². The van der Waals surface area contributed by atoms with Crippen molar-refractivity contribution in [2.24, 2.45) is 0 Å². The first-order chi connectivity index (χ1) is 11.6. The molecule has 0 saturated carbocycles. The van der Waals surface area contributed by atoms with Gasteiger partial charge in [-0.15, -0.1) is 0 Å². The van der Waals surface area contributed by atoms with Crippen molar-refractivity contribution in [1.82, 2.24) is 8.87 Å². The first-order valence-corrected chi connectivity index (χ1v) is 9.69. The largest absolute Gasteiger partial charge is 0.316 e. The van der Waals surface area contributed by atoms with Gasteiger partial charge in [-0.3, -0.25) is 9.36 Å². The van der Waals surface area contributed by atoms with Crippen molar-refractivity contribution < 1.29 is 13.3 Å². The van der Waals surface area contributed by atoms with Crippen LogP contribution < -0.4 is 10.5 Å². The van der Waals surface area contributed by atoms with Crippen molar-refractivity contribution in [2.75, 3.05) is 21.1 Å². The van der Waals surface area contributed by atoms with Gasteiger partial charge in [0.1, 0.15) is 6.54 Å². The van der Waals surface area contributed by atoms with E-state index in [2.05, 4.69) is 0 Å². The summed E-state index contributed by atoms with van der Waals surface area (Å²) in [6, 6.07) is 7.96. The number of benzene rings is 1.